The lowest BCUT2D eigenvalue weighted by molar-refractivity contribution is 0.915. The minimum absolute atomic E-state index is 0.163. The average Bonchev–Trinajstić information content (AvgIpc) is 2.45. The summed E-state index contributed by atoms with van der Waals surface area (Å²) >= 11 is 0. The fourth-order valence-corrected chi connectivity index (χ4v) is 1.46. The normalized spacial score (nSPS) is 13.7. The topological polar surface area (TPSA) is 97.5 Å². The highest BCUT2D eigenvalue weighted by atomic mass is 15.1. The van der Waals surface area contributed by atoms with Crippen LogP contribution in [0.3, 0.4) is 0 Å². The van der Waals surface area contributed by atoms with Gasteiger partial charge in [-0.2, -0.15) is 0 Å². The van der Waals surface area contributed by atoms with E-state index in [-0.39, 0.29) is 12.1 Å². The number of nitrogens with zero attached hydrogens (tertiary/aromatic N) is 6. The molecule has 0 aliphatic heterocycles. The molecule has 0 spiro atoms. The van der Waals surface area contributed by atoms with Crippen molar-refractivity contribution >= 4 is 12.2 Å². The molecule has 0 aromatic heterocycles. The molecule has 0 saturated heterocycles. The van der Waals surface area contributed by atoms with Crippen LogP contribution in [-0.2, 0) is 0 Å². The second-order valence-corrected chi connectivity index (χ2v) is 4.28. The third-order valence-corrected chi connectivity index (χ3v) is 2.54. The zero-order valence-corrected chi connectivity index (χ0v) is 11.5. The second-order valence-electron chi connectivity index (χ2n) is 4.28. The maximum absolute atomic E-state index is 8.30. The van der Waals surface area contributed by atoms with Crippen molar-refractivity contribution < 1.29 is 0 Å². The van der Waals surface area contributed by atoms with Gasteiger partial charge in [-0.3, -0.25) is 0 Å². The summed E-state index contributed by atoms with van der Waals surface area (Å²) in [5.74, 6) is 0. The van der Waals surface area contributed by atoms with Crippen molar-refractivity contribution in [1.29, 1.82) is 0 Å². The van der Waals surface area contributed by atoms with Crippen LogP contribution in [0.2, 0.25) is 0 Å². The molecular formula is C14H16N6. The van der Waals surface area contributed by atoms with Crippen molar-refractivity contribution in [1.82, 2.24) is 0 Å². The van der Waals surface area contributed by atoms with Crippen LogP contribution in [0.5, 0.6) is 0 Å². The highest BCUT2D eigenvalue weighted by Crippen LogP contribution is 2.09. The Morgan fingerprint density at radius 1 is 0.850 bits per heavy atom. The van der Waals surface area contributed by atoms with Gasteiger partial charge in [-0.15, -0.1) is 0 Å². The number of benzene rings is 1. The maximum atomic E-state index is 8.30. The number of hydrogen-bond acceptors (Lipinski definition) is 2. The lowest BCUT2D eigenvalue weighted by Crippen LogP contribution is -1.88. The van der Waals surface area contributed by atoms with Gasteiger partial charge in [0.2, 0.25) is 0 Å². The fourth-order valence-electron chi connectivity index (χ4n) is 1.46. The Bertz CT molecular complexity index is 521. The van der Waals surface area contributed by atoms with Crippen LogP contribution in [0, 0.1) is 0 Å². The average molecular weight is 268 g/mol. The molecule has 2 unspecified atom stereocenters. The van der Waals surface area contributed by atoms with Crippen LogP contribution in [0.4, 0.5) is 0 Å². The molecule has 0 aliphatic carbocycles. The fraction of sp³-hybridized carbons (Fsp3) is 0.286. The van der Waals surface area contributed by atoms with Crippen molar-refractivity contribution in [3.8, 4) is 0 Å². The molecule has 0 bridgehead atoms. The first-order valence-corrected chi connectivity index (χ1v) is 6.20. The molecular weight excluding hydrogens is 252 g/mol. The van der Waals surface area contributed by atoms with Gasteiger partial charge in [0, 0.05) is 9.82 Å². The first kappa shape index (κ1) is 15.4. The van der Waals surface area contributed by atoms with Crippen LogP contribution in [0.1, 0.15) is 25.0 Å². The molecule has 0 amide bonds. The van der Waals surface area contributed by atoms with Crippen molar-refractivity contribution in [2.75, 3.05) is 0 Å². The van der Waals surface area contributed by atoms with Gasteiger partial charge in [0.15, 0.2) is 0 Å². The summed E-state index contributed by atoms with van der Waals surface area (Å²) in [6.45, 7) is 3.65. The summed E-state index contributed by atoms with van der Waals surface area (Å²) in [6, 6.07) is 7.55. The Balaban J connectivity index is 2.69. The van der Waals surface area contributed by atoms with E-state index in [2.05, 4.69) is 20.1 Å². The highest BCUT2D eigenvalue weighted by Gasteiger charge is 1.93. The van der Waals surface area contributed by atoms with Crippen molar-refractivity contribution in [2.45, 2.75) is 25.9 Å². The van der Waals surface area contributed by atoms with Crippen molar-refractivity contribution in [3.63, 3.8) is 0 Å². The van der Waals surface area contributed by atoms with Gasteiger partial charge >= 0.3 is 0 Å². The van der Waals surface area contributed by atoms with Crippen LogP contribution < -0.4 is 0 Å². The van der Waals surface area contributed by atoms with E-state index < -0.39 is 0 Å². The Hall–Kier alpha value is -2.68. The molecule has 0 radical (unpaired) electrons. The summed E-state index contributed by atoms with van der Waals surface area (Å²) in [6.07, 6.45) is 7.51. The van der Waals surface area contributed by atoms with E-state index in [0.29, 0.717) is 0 Å². The summed E-state index contributed by atoms with van der Waals surface area (Å²) in [5, 5.41) is 7.13. The van der Waals surface area contributed by atoms with Gasteiger partial charge in [0.1, 0.15) is 0 Å². The van der Waals surface area contributed by atoms with E-state index in [1.165, 1.54) is 0 Å². The number of rotatable bonds is 6. The molecule has 6 heteroatoms. The molecule has 102 valence electrons. The molecule has 0 saturated carbocycles. The van der Waals surface area contributed by atoms with E-state index in [0.717, 1.165) is 11.1 Å². The molecule has 1 aromatic carbocycles. The highest BCUT2D eigenvalue weighted by molar-refractivity contribution is 5.56. The Kier molecular flexibility index (Phi) is 6.48. The third kappa shape index (κ3) is 5.78. The minimum Gasteiger partial charge on any atom is -0.0868 e. The molecule has 6 nitrogen and oxygen atoms in total. The standard InChI is InChI=1S/C14H16N6/c1-11(17-19-15)3-5-13-7-9-14(10-8-13)6-4-12(2)18-20-16/h3-12H,1-2H3/b5-3+,6-4+. The quantitative estimate of drug-likeness (QED) is 0.389. The van der Waals surface area contributed by atoms with Gasteiger partial charge < -0.3 is 0 Å². The van der Waals surface area contributed by atoms with Crippen molar-refractivity contribution in [3.05, 3.63) is 68.4 Å². The zero-order chi connectivity index (χ0) is 14.8. The lowest BCUT2D eigenvalue weighted by Gasteiger charge is -1.99. The molecule has 0 aliphatic rings. The SMILES string of the molecule is CC(/C=C/c1ccc(/C=C/C(C)N=[N+]=[N-])cc1)N=[N+]=[N-]. The van der Waals surface area contributed by atoms with E-state index >= 15 is 0 Å². The van der Waals surface area contributed by atoms with Crippen LogP contribution in [0.15, 0.2) is 46.6 Å². The number of azide groups is 2. The smallest absolute Gasteiger partial charge is 0.0530 e. The van der Waals surface area contributed by atoms with Crippen LogP contribution in [0.25, 0.3) is 33.0 Å². The van der Waals surface area contributed by atoms with E-state index in [1.807, 2.05) is 62.4 Å². The predicted octanol–water partition coefficient (Wildman–Crippen LogP) is 5.11. The summed E-state index contributed by atoms with van der Waals surface area (Å²) in [5.41, 5.74) is 18.7. The minimum atomic E-state index is -0.163. The first-order valence-electron chi connectivity index (χ1n) is 6.20. The largest absolute Gasteiger partial charge is 0.0868 e. The van der Waals surface area contributed by atoms with Crippen LogP contribution >= 0.6 is 0 Å². The molecule has 0 fully saturated rings. The van der Waals surface area contributed by atoms with Gasteiger partial charge in [-0.1, -0.05) is 72.6 Å². The molecule has 1 aromatic rings. The number of hydrogen-bond donors (Lipinski definition) is 0. The van der Waals surface area contributed by atoms with Gasteiger partial charge in [-0.25, -0.2) is 0 Å². The zero-order valence-electron chi connectivity index (χ0n) is 11.5. The van der Waals surface area contributed by atoms with Gasteiger partial charge in [0.05, 0.1) is 12.1 Å². The third-order valence-electron chi connectivity index (χ3n) is 2.54. The summed E-state index contributed by atoms with van der Waals surface area (Å²) in [4.78, 5) is 5.50. The molecule has 2 atom stereocenters. The Labute approximate surface area is 117 Å². The monoisotopic (exact) mass is 268 g/mol. The van der Waals surface area contributed by atoms with E-state index in [9.17, 15) is 0 Å². The van der Waals surface area contributed by atoms with E-state index in [1.54, 1.807) is 0 Å². The van der Waals surface area contributed by atoms with Gasteiger partial charge in [0.25, 0.3) is 0 Å². The maximum Gasteiger partial charge on any atom is 0.0530 e. The summed E-state index contributed by atoms with van der Waals surface area (Å²) in [7, 11) is 0. The van der Waals surface area contributed by atoms with Gasteiger partial charge in [-0.05, 0) is 22.2 Å². The molecule has 1 rings (SSSR count). The van der Waals surface area contributed by atoms with Crippen molar-refractivity contribution in [2.24, 2.45) is 10.2 Å². The molecule has 0 heterocycles. The lowest BCUT2D eigenvalue weighted by atomic mass is 10.1. The second kappa shape index (κ2) is 8.43. The van der Waals surface area contributed by atoms with E-state index in [4.69, 9.17) is 11.1 Å². The molecule has 0 N–H and O–H groups in total. The van der Waals surface area contributed by atoms with Crippen LogP contribution in [-0.4, -0.2) is 12.1 Å². The first-order chi connectivity index (χ1) is 9.65. The molecule has 20 heavy (non-hydrogen) atoms. The predicted molar refractivity (Wildman–Crippen MR) is 81.7 cm³/mol. The Morgan fingerprint density at radius 2 is 1.20 bits per heavy atom. The Morgan fingerprint density at radius 3 is 1.50 bits per heavy atom. The summed E-state index contributed by atoms with van der Waals surface area (Å²) < 4.78 is 0.